The van der Waals surface area contributed by atoms with E-state index in [1.54, 1.807) is 0 Å². The lowest BCUT2D eigenvalue weighted by molar-refractivity contribution is -0.384. The van der Waals surface area contributed by atoms with Crippen LogP contribution in [0.2, 0.25) is 0 Å². The van der Waals surface area contributed by atoms with Crippen LogP contribution in [0.25, 0.3) is 28.5 Å². The molecular formula is C19H9F6N5O3. The van der Waals surface area contributed by atoms with E-state index in [0.717, 1.165) is 54.7 Å². The van der Waals surface area contributed by atoms with Gasteiger partial charge in [0.1, 0.15) is 0 Å². The molecule has 0 aliphatic carbocycles. The van der Waals surface area contributed by atoms with Gasteiger partial charge in [0.25, 0.3) is 11.6 Å². The van der Waals surface area contributed by atoms with E-state index in [9.17, 15) is 36.5 Å². The fraction of sp³-hybridized carbons (Fsp3) is 0.105. The van der Waals surface area contributed by atoms with Gasteiger partial charge >= 0.3 is 12.4 Å². The molecule has 0 fully saturated rings. The Balaban J connectivity index is 1.73. The third-order valence-corrected chi connectivity index (χ3v) is 4.47. The molecule has 4 aromatic rings. The van der Waals surface area contributed by atoms with Gasteiger partial charge in [0.15, 0.2) is 5.69 Å². The molecule has 4 rings (SSSR count). The highest BCUT2D eigenvalue weighted by Gasteiger charge is 2.40. The first kappa shape index (κ1) is 22.0. The Bertz CT molecular complexity index is 1310. The largest absolute Gasteiger partial charge is 0.434 e. The minimum Gasteiger partial charge on any atom is -0.333 e. The van der Waals surface area contributed by atoms with E-state index in [1.165, 1.54) is 0 Å². The zero-order valence-corrected chi connectivity index (χ0v) is 15.9. The van der Waals surface area contributed by atoms with Crippen molar-refractivity contribution in [3.63, 3.8) is 0 Å². The van der Waals surface area contributed by atoms with Crippen molar-refractivity contribution >= 4 is 5.69 Å². The van der Waals surface area contributed by atoms with Crippen LogP contribution in [0.4, 0.5) is 32.0 Å². The molecule has 0 bridgehead atoms. The Labute approximate surface area is 179 Å². The van der Waals surface area contributed by atoms with Gasteiger partial charge in [-0.2, -0.15) is 36.4 Å². The number of aromatic nitrogens is 4. The second-order valence-corrected chi connectivity index (χ2v) is 6.59. The van der Waals surface area contributed by atoms with Gasteiger partial charge in [0.05, 0.1) is 27.9 Å². The van der Waals surface area contributed by atoms with Crippen LogP contribution in [0, 0.1) is 10.1 Å². The fourth-order valence-electron chi connectivity index (χ4n) is 2.95. The highest BCUT2D eigenvalue weighted by atomic mass is 19.4. The lowest BCUT2D eigenvalue weighted by Gasteiger charge is -2.11. The fourth-order valence-corrected chi connectivity index (χ4v) is 2.95. The summed E-state index contributed by atoms with van der Waals surface area (Å²) < 4.78 is 85.1. The maximum Gasteiger partial charge on any atom is 0.434 e. The summed E-state index contributed by atoms with van der Waals surface area (Å²) in [6.07, 6.45) is -8.67. The van der Waals surface area contributed by atoms with Crippen LogP contribution >= 0.6 is 0 Å². The number of hydrogen-bond acceptors (Lipinski definition) is 6. The summed E-state index contributed by atoms with van der Waals surface area (Å²) in [6.45, 7) is 0. The highest BCUT2D eigenvalue weighted by Crippen LogP contribution is 2.38. The zero-order valence-electron chi connectivity index (χ0n) is 15.9. The van der Waals surface area contributed by atoms with Gasteiger partial charge in [0.2, 0.25) is 5.82 Å². The van der Waals surface area contributed by atoms with E-state index in [1.807, 2.05) is 0 Å². The van der Waals surface area contributed by atoms with E-state index in [2.05, 4.69) is 15.2 Å². The number of halogens is 6. The molecule has 0 radical (unpaired) electrons. The van der Waals surface area contributed by atoms with Crippen molar-refractivity contribution in [2.45, 2.75) is 12.4 Å². The Hall–Kier alpha value is -4.23. The molecule has 0 N–H and O–H groups in total. The van der Waals surface area contributed by atoms with Gasteiger partial charge in [-0.25, -0.2) is 4.68 Å². The number of nitrogens with zero attached hydrogens (tertiary/aromatic N) is 5. The first-order chi connectivity index (χ1) is 15.4. The summed E-state index contributed by atoms with van der Waals surface area (Å²) in [5.41, 5.74) is -3.11. The van der Waals surface area contributed by atoms with Crippen LogP contribution in [0.3, 0.4) is 0 Å². The van der Waals surface area contributed by atoms with Crippen LogP contribution in [-0.2, 0) is 12.4 Å². The first-order valence-corrected chi connectivity index (χ1v) is 8.87. The molecule has 0 spiro atoms. The zero-order chi connectivity index (χ0) is 24.0. The number of benzene rings is 2. The topological polar surface area (TPSA) is 99.9 Å². The minimum atomic E-state index is -4.93. The van der Waals surface area contributed by atoms with Gasteiger partial charge in [-0.05, 0) is 24.3 Å². The van der Waals surface area contributed by atoms with Crippen LogP contribution in [0.5, 0.6) is 0 Å². The summed E-state index contributed by atoms with van der Waals surface area (Å²) in [7, 11) is 0. The summed E-state index contributed by atoms with van der Waals surface area (Å²) >= 11 is 0. The van der Waals surface area contributed by atoms with Gasteiger partial charge < -0.3 is 4.52 Å². The molecule has 2 aromatic heterocycles. The van der Waals surface area contributed by atoms with E-state index in [0.29, 0.717) is 4.68 Å². The van der Waals surface area contributed by atoms with E-state index in [4.69, 9.17) is 4.52 Å². The van der Waals surface area contributed by atoms with Crippen molar-refractivity contribution in [2.75, 3.05) is 0 Å². The third-order valence-electron chi connectivity index (χ3n) is 4.47. The van der Waals surface area contributed by atoms with Crippen LogP contribution in [0.1, 0.15) is 11.3 Å². The molecule has 8 nitrogen and oxygen atoms in total. The van der Waals surface area contributed by atoms with Crippen LogP contribution in [-0.4, -0.2) is 24.8 Å². The summed E-state index contributed by atoms with van der Waals surface area (Å²) in [6, 6.07) is 7.89. The lowest BCUT2D eigenvalue weighted by atomic mass is 10.1. The van der Waals surface area contributed by atoms with Gasteiger partial charge in [0, 0.05) is 17.7 Å². The quantitative estimate of drug-likeness (QED) is 0.221. The molecule has 0 unspecified atom stereocenters. The van der Waals surface area contributed by atoms with Crippen molar-refractivity contribution in [3.05, 3.63) is 76.1 Å². The molecule has 0 atom stereocenters. The maximum atomic E-state index is 13.8. The average Bonchev–Trinajstić information content (AvgIpc) is 3.40. The van der Waals surface area contributed by atoms with Gasteiger partial charge in [-0.3, -0.25) is 10.1 Å². The van der Waals surface area contributed by atoms with Gasteiger partial charge in [-0.15, -0.1) is 0 Å². The van der Waals surface area contributed by atoms with Crippen molar-refractivity contribution in [1.82, 2.24) is 19.9 Å². The first-order valence-electron chi connectivity index (χ1n) is 8.87. The Morgan fingerprint density at radius 2 is 1.55 bits per heavy atom. The maximum absolute atomic E-state index is 13.8. The normalized spacial score (nSPS) is 12.2. The number of alkyl halides is 6. The smallest absolute Gasteiger partial charge is 0.333 e. The van der Waals surface area contributed by atoms with Crippen LogP contribution in [0.15, 0.2) is 59.3 Å². The van der Waals surface area contributed by atoms with E-state index < -0.39 is 40.0 Å². The van der Waals surface area contributed by atoms with Crippen LogP contribution < -0.4 is 0 Å². The number of nitro benzene ring substituents is 1. The standard InChI is InChI=1S/C19H9F6N5O3/c20-18(21,22)11-3-1-10(2-4-11)16-27-17(33-28-16)14-9-26-29(15(14)19(23,24)25)12-5-7-13(8-6-12)30(31)32/h1-9H. The van der Waals surface area contributed by atoms with E-state index in [-0.39, 0.29) is 22.8 Å². The second-order valence-electron chi connectivity index (χ2n) is 6.59. The SMILES string of the molecule is O=[N+]([O-])c1ccc(-n2ncc(-c3nc(-c4ccc(C(F)(F)F)cc4)no3)c2C(F)(F)F)cc1. The van der Waals surface area contributed by atoms with E-state index >= 15 is 0 Å². The number of nitro groups is 1. The van der Waals surface area contributed by atoms with Crippen molar-refractivity contribution < 1.29 is 35.8 Å². The summed E-state index contributed by atoms with van der Waals surface area (Å²) in [5.74, 6) is -0.791. The molecule has 0 saturated carbocycles. The van der Waals surface area contributed by atoms with Crippen molar-refractivity contribution in [3.8, 4) is 28.5 Å². The number of non-ortho nitro benzene ring substituents is 1. The second kappa shape index (κ2) is 7.72. The molecular weight excluding hydrogens is 460 g/mol. The molecule has 0 amide bonds. The average molecular weight is 469 g/mol. The third kappa shape index (κ3) is 4.26. The molecule has 0 aliphatic heterocycles. The number of hydrogen-bond donors (Lipinski definition) is 0. The molecule has 33 heavy (non-hydrogen) atoms. The predicted octanol–water partition coefficient (Wildman–Crippen LogP) is 5.54. The monoisotopic (exact) mass is 469 g/mol. The molecule has 2 heterocycles. The molecule has 170 valence electrons. The number of rotatable bonds is 4. The molecule has 14 heteroatoms. The predicted molar refractivity (Wildman–Crippen MR) is 99.0 cm³/mol. The molecule has 0 saturated heterocycles. The Kier molecular flexibility index (Phi) is 5.14. The molecule has 0 aliphatic rings. The molecule has 2 aromatic carbocycles. The van der Waals surface area contributed by atoms with Gasteiger partial charge in [-0.1, -0.05) is 17.3 Å². The minimum absolute atomic E-state index is 0.0920. The Morgan fingerprint density at radius 1 is 0.909 bits per heavy atom. The lowest BCUT2D eigenvalue weighted by Crippen LogP contribution is -2.14. The highest BCUT2D eigenvalue weighted by molar-refractivity contribution is 5.63. The summed E-state index contributed by atoms with van der Waals surface area (Å²) in [5, 5.41) is 18.0. The Morgan fingerprint density at radius 3 is 2.09 bits per heavy atom. The summed E-state index contributed by atoms with van der Waals surface area (Å²) in [4.78, 5) is 13.9. The van der Waals surface area contributed by atoms with Crippen molar-refractivity contribution in [1.29, 1.82) is 0 Å². The van der Waals surface area contributed by atoms with Crippen molar-refractivity contribution in [2.24, 2.45) is 0 Å².